The van der Waals surface area contributed by atoms with E-state index in [4.69, 9.17) is 0 Å². The van der Waals surface area contributed by atoms with E-state index in [1.807, 2.05) is 0 Å². The fourth-order valence-corrected chi connectivity index (χ4v) is 1.96. The molecular weight excluding hydrogens is 188 g/mol. The summed E-state index contributed by atoms with van der Waals surface area (Å²) >= 11 is 0. The highest BCUT2D eigenvalue weighted by atomic mass is 32.2. The van der Waals surface area contributed by atoms with Crippen molar-refractivity contribution in [3.63, 3.8) is 0 Å². The number of nitrogens with zero attached hydrogens (tertiary/aromatic N) is 1. The van der Waals surface area contributed by atoms with Crippen molar-refractivity contribution in [3.05, 3.63) is 17.8 Å². The highest BCUT2D eigenvalue weighted by molar-refractivity contribution is 7.90. The van der Waals surface area contributed by atoms with Crippen LogP contribution in [0.1, 0.15) is 5.56 Å². The number of rotatable bonds is 1. The van der Waals surface area contributed by atoms with Gasteiger partial charge in [0.05, 0.1) is 4.90 Å². The van der Waals surface area contributed by atoms with Crippen LogP contribution in [0.4, 0.5) is 5.82 Å². The molecule has 0 amide bonds. The van der Waals surface area contributed by atoms with Crippen molar-refractivity contribution < 1.29 is 8.42 Å². The summed E-state index contributed by atoms with van der Waals surface area (Å²) in [6.45, 7) is 0.843. The summed E-state index contributed by atoms with van der Waals surface area (Å²) in [5.41, 5.74) is 0.989. The first kappa shape index (κ1) is 8.50. The molecule has 0 fully saturated rings. The normalized spacial score (nSPS) is 15.2. The van der Waals surface area contributed by atoms with E-state index < -0.39 is 9.84 Å². The van der Waals surface area contributed by atoms with Gasteiger partial charge in [-0.3, -0.25) is 0 Å². The summed E-state index contributed by atoms with van der Waals surface area (Å²) in [6.07, 6.45) is 3.44. The molecule has 0 spiro atoms. The Kier molecular flexibility index (Phi) is 1.76. The van der Waals surface area contributed by atoms with Crippen LogP contribution in [0.15, 0.2) is 17.2 Å². The van der Waals surface area contributed by atoms with E-state index in [2.05, 4.69) is 10.3 Å². The van der Waals surface area contributed by atoms with Crippen LogP contribution in [0.2, 0.25) is 0 Å². The molecule has 1 N–H and O–H groups in total. The van der Waals surface area contributed by atoms with Gasteiger partial charge in [-0.25, -0.2) is 13.4 Å². The van der Waals surface area contributed by atoms with Crippen LogP contribution in [0, 0.1) is 0 Å². The summed E-state index contributed by atoms with van der Waals surface area (Å²) in [4.78, 5) is 4.34. The van der Waals surface area contributed by atoms with E-state index in [0.29, 0.717) is 4.90 Å². The Morgan fingerprint density at radius 2 is 2.31 bits per heavy atom. The molecule has 0 aromatic carbocycles. The van der Waals surface area contributed by atoms with Gasteiger partial charge in [0.15, 0.2) is 9.84 Å². The number of hydrogen-bond donors (Lipinski definition) is 1. The van der Waals surface area contributed by atoms with Crippen molar-refractivity contribution in [2.45, 2.75) is 11.3 Å². The number of hydrogen-bond acceptors (Lipinski definition) is 4. The lowest BCUT2D eigenvalue weighted by molar-refractivity contribution is 0.601. The lowest BCUT2D eigenvalue weighted by Crippen LogP contribution is -1.99. The topological polar surface area (TPSA) is 59.1 Å². The van der Waals surface area contributed by atoms with Gasteiger partial charge in [-0.15, -0.1) is 0 Å². The molecule has 0 bridgehead atoms. The second kappa shape index (κ2) is 2.70. The van der Waals surface area contributed by atoms with Crippen LogP contribution in [0.25, 0.3) is 0 Å². The van der Waals surface area contributed by atoms with Crippen molar-refractivity contribution in [1.29, 1.82) is 0 Å². The number of pyridine rings is 1. The standard InChI is InChI=1S/C8H10N2O2S/c1-13(11,12)7-4-6-2-3-9-8(6)10-5-7/h4-5H,2-3H2,1H3,(H,9,10). The molecule has 0 saturated carbocycles. The molecule has 70 valence electrons. The number of sulfone groups is 1. The molecule has 0 radical (unpaired) electrons. The Bertz CT molecular complexity index is 439. The van der Waals surface area contributed by atoms with Gasteiger partial charge >= 0.3 is 0 Å². The molecule has 1 aromatic rings. The van der Waals surface area contributed by atoms with E-state index in [1.165, 1.54) is 12.5 Å². The Morgan fingerprint density at radius 1 is 1.54 bits per heavy atom. The third-order valence-corrected chi connectivity index (χ3v) is 3.14. The minimum atomic E-state index is -3.11. The Hall–Kier alpha value is -1.10. The minimum Gasteiger partial charge on any atom is -0.370 e. The Labute approximate surface area is 76.9 Å². The van der Waals surface area contributed by atoms with Gasteiger partial charge in [0.25, 0.3) is 0 Å². The maximum Gasteiger partial charge on any atom is 0.177 e. The molecular formula is C8H10N2O2S. The summed E-state index contributed by atoms with van der Waals surface area (Å²) in [7, 11) is -3.11. The van der Waals surface area contributed by atoms with Gasteiger partial charge in [0, 0.05) is 19.0 Å². The van der Waals surface area contributed by atoms with Crippen molar-refractivity contribution in [2.75, 3.05) is 18.1 Å². The first-order valence-corrected chi connectivity index (χ1v) is 5.89. The molecule has 5 heteroatoms. The van der Waals surface area contributed by atoms with E-state index in [-0.39, 0.29) is 0 Å². The van der Waals surface area contributed by atoms with Gasteiger partial charge in [-0.05, 0) is 18.1 Å². The van der Waals surface area contributed by atoms with Gasteiger partial charge in [0.1, 0.15) is 5.82 Å². The average molecular weight is 198 g/mol. The van der Waals surface area contributed by atoms with E-state index in [1.54, 1.807) is 6.07 Å². The Balaban J connectivity index is 2.54. The van der Waals surface area contributed by atoms with Crippen LogP contribution in [-0.2, 0) is 16.3 Å². The van der Waals surface area contributed by atoms with Crippen molar-refractivity contribution in [2.24, 2.45) is 0 Å². The molecule has 0 unspecified atom stereocenters. The average Bonchev–Trinajstić information content (AvgIpc) is 2.47. The second-order valence-electron chi connectivity index (χ2n) is 3.13. The maximum atomic E-state index is 11.2. The minimum absolute atomic E-state index is 0.301. The third-order valence-electron chi connectivity index (χ3n) is 2.06. The van der Waals surface area contributed by atoms with Gasteiger partial charge in [-0.1, -0.05) is 0 Å². The molecule has 4 nitrogen and oxygen atoms in total. The molecule has 0 saturated heterocycles. The summed E-state index contributed by atoms with van der Waals surface area (Å²) in [5, 5.41) is 3.07. The quantitative estimate of drug-likeness (QED) is 0.712. The first-order chi connectivity index (χ1) is 6.07. The zero-order valence-electron chi connectivity index (χ0n) is 7.24. The summed E-state index contributed by atoms with van der Waals surface area (Å²) < 4.78 is 22.3. The SMILES string of the molecule is CS(=O)(=O)c1cnc2c(c1)CCN2. The predicted molar refractivity (Wildman–Crippen MR) is 49.5 cm³/mol. The molecule has 1 aliphatic rings. The maximum absolute atomic E-state index is 11.2. The monoisotopic (exact) mass is 198 g/mol. The number of aromatic nitrogens is 1. The summed E-state index contributed by atoms with van der Waals surface area (Å²) in [5.74, 6) is 0.812. The highest BCUT2D eigenvalue weighted by Gasteiger charge is 2.15. The lowest BCUT2D eigenvalue weighted by atomic mass is 10.2. The van der Waals surface area contributed by atoms with Crippen LogP contribution >= 0.6 is 0 Å². The molecule has 0 aliphatic carbocycles. The predicted octanol–water partition coefficient (Wildman–Crippen LogP) is 0.453. The van der Waals surface area contributed by atoms with Gasteiger partial charge < -0.3 is 5.32 Å². The molecule has 13 heavy (non-hydrogen) atoms. The largest absolute Gasteiger partial charge is 0.370 e. The van der Waals surface area contributed by atoms with Gasteiger partial charge in [0.2, 0.25) is 0 Å². The first-order valence-electron chi connectivity index (χ1n) is 4.00. The van der Waals surface area contributed by atoms with Crippen molar-refractivity contribution >= 4 is 15.7 Å². The zero-order chi connectivity index (χ0) is 9.47. The third kappa shape index (κ3) is 1.51. The van der Waals surface area contributed by atoms with E-state index >= 15 is 0 Å². The number of nitrogens with one attached hydrogen (secondary N) is 1. The Morgan fingerprint density at radius 3 is 3.00 bits per heavy atom. The highest BCUT2D eigenvalue weighted by Crippen LogP contribution is 2.21. The molecule has 2 rings (SSSR count). The number of anilines is 1. The molecule has 0 atom stereocenters. The summed E-state index contributed by atoms with van der Waals surface area (Å²) in [6, 6.07) is 1.69. The fourth-order valence-electron chi connectivity index (χ4n) is 1.36. The van der Waals surface area contributed by atoms with E-state index in [9.17, 15) is 8.42 Å². The molecule has 1 aromatic heterocycles. The molecule has 2 heterocycles. The lowest BCUT2D eigenvalue weighted by Gasteiger charge is -2.00. The van der Waals surface area contributed by atoms with Crippen LogP contribution in [0.5, 0.6) is 0 Å². The van der Waals surface area contributed by atoms with Crippen LogP contribution < -0.4 is 5.32 Å². The van der Waals surface area contributed by atoms with Crippen molar-refractivity contribution in [3.8, 4) is 0 Å². The van der Waals surface area contributed by atoms with Crippen molar-refractivity contribution in [1.82, 2.24) is 4.98 Å². The van der Waals surface area contributed by atoms with E-state index in [0.717, 1.165) is 24.3 Å². The zero-order valence-corrected chi connectivity index (χ0v) is 8.06. The smallest absolute Gasteiger partial charge is 0.177 e. The van der Waals surface area contributed by atoms with Crippen LogP contribution in [-0.4, -0.2) is 26.2 Å². The molecule has 1 aliphatic heterocycles. The fraction of sp³-hybridized carbons (Fsp3) is 0.375. The number of fused-ring (bicyclic) bond motifs is 1. The van der Waals surface area contributed by atoms with Gasteiger partial charge in [-0.2, -0.15) is 0 Å². The second-order valence-corrected chi connectivity index (χ2v) is 5.14. The van der Waals surface area contributed by atoms with Crippen LogP contribution in [0.3, 0.4) is 0 Å².